The predicted molar refractivity (Wildman–Crippen MR) is 289 cm³/mol. The van der Waals surface area contributed by atoms with Gasteiger partial charge in [0.25, 0.3) is 16.9 Å². The van der Waals surface area contributed by atoms with Gasteiger partial charge in [-0.3, -0.25) is 25.0 Å². The summed E-state index contributed by atoms with van der Waals surface area (Å²) in [6, 6.07) is 31.9. The van der Waals surface area contributed by atoms with E-state index in [4.69, 9.17) is 35.0 Å². The van der Waals surface area contributed by atoms with Crippen LogP contribution in [0.4, 0.5) is 28.7 Å². The number of nitro groups is 2. The normalized spacial score (nSPS) is 14.1. The van der Waals surface area contributed by atoms with Crippen LogP contribution in [0.2, 0.25) is 0 Å². The molecule has 1 aliphatic heterocycles. The molecular formula is C53H66N12O10. The van der Waals surface area contributed by atoms with E-state index in [0.29, 0.717) is 73.5 Å². The minimum absolute atomic E-state index is 0.0531. The molecule has 2 bridgehead atoms. The molecule has 0 unspecified atom stereocenters. The summed E-state index contributed by atoms with van der Waals surface area (Å²) in [4.78, 5) is 52.8. The van der Waals surface area contributed by atoms with E-state index < -0.39 is 15.4 Å². The Labute approximate surface area is 435 Å². The van der Waals surface area contributed by atoms with E-state index in [1.165, 1.54) is 36.5 Å². The van der Waals surface area contributed by atoms with Crippen LogP contribution in [0.3, 0.4) is 0 Å². The summed E-state index contributed by atoms with van der Waals surface area (Å²) in [5, 5.41) is 43.9. The van der Waals surface area contributed by atoms with Gasteiger partial charge in [-0.1, -0.05) is 42.5 Å². The van der Waals surface area contributed by atoms with Gasteiger partial charge in [0.15, 0.2) is 11.5 Å². The Morgan fingerprint density at radius 3 is 1.84 bits per heavy atom. The van der Waals surface area contributed by atoms with Crippen molar-refractivity contribution < 1.29 is 34.3 Å². The van der Waals surface area contributed by atoms with Crippen LogP contribution in [0, 0.1) is 20.2 Å². The Balaban J connectivity index is 0.000000223. The largest absolute Gasteiger partial charge is 0.508 e. The number of phenols is 1. The fraction of sp³-hybridized carbons (Fsp3) is 0.321. The maximum absolute atomic E-state index is 13.3. The molecule has 0 fully saturated rings. The van der Waals surface area contributed by atoms with Crippen LogP contribution >= 0.6 is 0 Å². The number of nitrogens with zero attached hydrogens (tertiary/aromatic N) is 10. The Bertz CT molecular complexity index is 3050. The van der Waals surface area contributed by atoms with Crippen LogP contribution in [0.1, 0.15) is 25.5 Å². The summed E-state index contributed by atoms with van der Waals surface area (Å²) in [6.45, 7) is 6.40. The van der Waals surface area contributed by atoms with E-state index in [-0.39, 0.29) is 22.7 Å². The number of anilines is 3. The maximum Gasteiger partial charge on any atom is 0.278 e. The molecule has 0 saturated heterocycles. The highest BCUT2D eigenvalue weighted by Gasteiger charge is 2.26. The fourth-order valence-electron chi connectivity index (χ4n) is 6.84. The molecule has 7 aromatic rings. The van der Waals surface area contributed by atoms with E-state index >= 15 is 0 Å². The predicted octanol–water partition coefficient (Wildman–Crippen LogP) is 7.26. The van der Waals surface area contributed by atoms with Gasteiger partial charge in [0.05, 0.1) is 34.2 Å². The van der Waals surface area contributed by atoms with Gasteiger partial charge in [0.1, 0.15) is 53.8 Å². The Morgan fingerprint density at radius 2 is 1.27 bits per heavy atom. The molecule has 3 aromatic heterocycles. The minimum atomic E-state index is -1.10. The second kappa shape index (κ2) is 28.1. The molecule has 4 heterocycles. The van der Waals surface area contributed by atoms with E-state index in [9.17, 15) is 30.1 Å². The van der Waals surface area contributed by atoms with Gasteiger partial charge >= 0.3 is 0 Å². The molecule has 22 nitrogen and oxygen atoms in total. The zero-order valence-corrected chi connectivity index (χ0v) is 43.3. The summed E-state index contributed by atoms with van der Waals surface area (Å²) >= 11 is 0. The molecule has 0 spiro atoms. The molecule has 8 rings (SSSR count). The minimum Gasteiger partial charge on any atom is -0.508 e. The third-order valence-corrected chi connectivity index (χ3v) is 10.9. The first-order valence-electron chi connectivity index (χ1n) is 23.9. The number of rotatable bonds is 16. The number of benzene rings is 4. The summed E-state index contributed by atoms with van der Waals surface area (Å²) in [6.07, 6.45) is 6.63. The van der Waals surface area contributed by atoms with Gasteiger partial charge in [-0.2, -0.15) is 4.98 Å². The third-order valence-electron chi connectivity index (χ3n) is 10.9. The number of non-ortho nitro benzene ring substituents is 2. The molecule has 4 aromatic carbocycles. The van der Waals surface area contributed by atoms with Crippen molar-refractivity contribution >= 4 is 39.7 Å². The number of ether oxygens (including phenoxy) is 3. The van der Waals surface area contributed by atoms with Gasteiger partial charge in [-0.25, -0.2) is 19.3 Å². The maximum atomic E-state index is 13.3. The Kier molecular flexibility index (Phi) is 21.6. The van der Waals surface area contributed by atoms with Crippen molar-refractivity contribution in [3.63, 3.8) is 0 Å². The number of aromatic nitrogens is 5. The number of nitrogen functional groups attached to an aromatic ring is 1. The van der Waals surface area contributed by atoms with Gasteiger partial charge < -0.3 is 50.2 Å². The number of phenolic OH excluding ortho intramolecular Hbond substituents is 1. The number of allylic oxidation sites excluding steroid dienone is 2. The number of likely N-dealkylation sites (N-methyl/N-ethyl adjacent to an activating group) is 3. The number of nitrogens with two attached hydrogens (primary N) is 1. The highest BCUT2D eigenvalue weighted by molar-refractivity contribution is 5.77. The highest BCUT2D eigenvalue weighted by atomic mass is 16.6. The lowest BCUT2D eigenvalue weighted by Gasteiger charge is -2.22. The second-order valence-electron chi connectivity index (χ2n) is 18.0. The smallest absolute Gasteiger partial charge is 0.278 e. The number of aromatic hydroxyl groups is 1. The standard InChI is InChI=1S/C27H31N7O3.C10H14N2O3.C10H16N2O.C6H5NO3/c1-27(36)13-5-4-6-14-33-25(35)21-18-28-26(31-24(21)34(33)23-12-8-11-22(27)30-23)29-19-9-7-10-20(17-19)37-16-15-32(2)3;1-11(2)6-7-15-10-5-3-4-9(8-10)12(13)14;1-12(2)6-7-13-10-5-3-4-9(11)8-10;8-6-3-1-2-5(4-6)7(9)10/h4,6-12,17-18,36H,5,13-16H2,1-3H3,(H,28,29,31);3-5,8H,6-7H2,1-2H3;3-5,8H,6-7,11H2,1-2H3;1-4,8H/b6-4-;;;/t27-;;;/m1.../s1. The molecule has 1 aliphatic rings. The molecular weight excluding hydrogens is 965 g/mol. The van der Waals surface area contributed by atoms with Gasteiger partial charge in [0, 0.05) is 61.5 Å². The molecule has 22 heteroatoms. The van der Waals surface area contributed by atoms with Gasteiger partial charge in [0.2, 0.25) is 5.95 Å². The average Bonchev–Trinajstić information content (AvgIpc) is 3.63. The lowest BCUT2D eigenvalue weighted by molar-refractivity contribution is -0.385. The van der Waals surface area contributed by atoms with Crippen molar-refractivity contribution in [3.8, 4) is 28.8 Å². The van der Waals surface area contributed by atoms with Crippen molar-refractivity contribution in [1.29, 1.82) is 0 Å². The summed E-state index contributed by atoms with van der Waals surface area (Å²) in [5.41, 5.74) is 6.72. The van der Waals surface area contributed by atoms with Crippen LogP contribution in [-0.4, -0.2) is 141 Å². The number of nitro benzene ring substituents is 2. The van der Waals surface area contributed by atoms with Crippen LogP contribution in [0.5, 0.6) is 23.0 Å². The molecule has 398 valence electrons. The number of hydrogen-bond donors (Lipinski definition) is 4. The van der Waals surface area contributed by atoms with E-state index in [0.717, 1.165) is 48.6 Å². The Morgan fingerprint density at radius 1 is 0.720 bits per heavy atom. The first kappa shape index (κ1) is 57.5. The van der Waals surface area contributed by atoms with Crippen LogP contribution < -0.4 is 30.8 Å². The van der Waals surface area contributed by atoms with Crippen LogP contribution in [0.25, 0.3) is 16.9 Å². The molecule has 0 amide bonds. The lowest BCUT2D eigenvalue weighted by Crippen LogP contribution is -2.24. The van der Waals surface area contributed by atoms with E-state index in [2.05, 4.69) is 20.1 Å². The van der Waals surface area contributed by atoms with Crippen molar-refractivity contribution in [1.82, 2.24) is 39.0 Å². The molecule has 0 radical (unpaired) electrons. The summed E-state index contributed by atoms with van der Waals surface area (Å²) < 4.78 is 20.0. The molecule has 0 saturated carbocycles. The number of pyridine rings is 1. The van der Waals surface area contributed by atoms with Crippen molar-refractivity contribution in [3.05, 3.63) is 170 Å². The average molecular weight is 1030 g/mol. The summed E-state index contributed by atoms with van der Waals surface area (Å²) in [7, 11) is 11.9. The number of hydrogen-bond acceptors (Lipinski definition) is 18. The SMILES string of the molecule is CN(C)CCOc1cccc(N)c1.CN(C)CCOc1cccc(Nc2ncc3c(=O)n4n(c3n2)-c2cccc(n2)[C@](C)(O)CC/C=C\C4)c1.CN(C)CCOc1cccc([N+](=O)[O-])c1.O=[N+]([O-])c1cccc(O)c1. The number of fused-ring (bicyclic) bond motifs is 6. The van der Waals surface area contributed by atoms with Crippen molar-refractivity contribution in [2.75, 3.05) is 92.8 Å². The summed E-state index contributed by atoms with van der Waals surface area (Å²) in [5.74, 6) is 2.86. The van der Waals surface area contributed by atoms with Crippen LogP contribution in [0.15, 0.2) is 138 Å². The van der Waals surface area contributed by atoms with Crippen molar-refractivity contribution in [2.24, 2.45) is 0 Å². The van der Waals surface area contributed by atoms with Gasteiger partial charge in [-0.05, 0) is 111 Å². The quantitative estimate of drug-likeness (QED) is 0.0321. The first-order valence-corrected chi connectivity index (χ1v) is 23.9. The lowest BCUT2D eigenvalue weighted by atomic mass is 9.95. The number of aliphatic hydroxyl groups is 1. The first-order chi connectivity index (χ1) is 35.8. The number of nitrogens with one attached hydrogen (secondary N) is 1. The third kappa shape index (κ3) is 18.5. The van der Waals surface area contributed by atoms with Crippen LogP contribution in [-0.2, 0) is 12.1 Å². The van der Waals surface area contributed by atoms with Crippen molar-refractivity contribution in [2.45, 2.75) is 31.9 Å². The Hall–Kier alpha value is -8.44. The molecule has 1 atom stereocenters. The van der Waals surface area contributed by atoms with Gasteiger partial charge in [-0.15, -0.1) is 0 Å². The highest BCUT2D eigenvalue weighted by Crippen LogP contribution is 2.28. The topological polar surface area (TPSA) is 268 Å². The second-order valence-corrected chi connectivity index (χ2v) is 18.0. The van der Waals surface area contributed by atoms with E-state index in [1.54, 1.807) is 40.6 Å². The zero-order valence-electron chi connectivity index (χ0n) is 43.3. The monoisotopic (exact) mass is 1030 g/mol. The molecule has 75 heavy (non-hydrogen) atoms. The molecule has 5 N–H and O–H groups in total. The molecule has 0 aliphatic carbocycles. The fourth-order valence-corrected chi connectivity index (χ4v) is 6.84. The zero-order chi connectivity index (χ0) is 54.5. The van der Waals surface area contributed by atoms with E-state index in [1.807, 2.05) is 114 Å².